The van der Waals surface area contributed by atoms with Gasteiger partial charge in [-0.2, -0.15) is 5.01 Å². The quantitative estimate of drug-likeness (QED) is 0.212. The molecule has 1 aliphatic carbocycles. The van der Waals surface area contributed by atoms with Gasteiger partial charge in [0.05, 0.1) is 37.5 Å². The van der Waals surface area contributed by atoms with Gasteiger partial charge in [-0.05, 0) is 55.7 Å². The molecule has 1 fully saturated rings. The van der Waals surface area contributed by atoms with Crippen molar-refractivity contribution in [1.29, 1.82) is 0 Å². The number of carbonyl (C=O) groups excluding carboxylic acids is 2. The third-order valence-electron chi connectivity index (χ3n) is 9.06. The van der Waals surface area contributed by atoms with Crippen molar-refractivity contribution in [3.05, 3.63) is 45.9 Å². The first-order valence-electron chi connectivity index (χ1n) is 15.6. The first-order valence-corrected chi connectivity index (χ1v) is 16.1. The van der Waals surface area contributed by atoms with Crippen LogP contribution in [0.4, 0.5) is 4.79 Å². The van der Waals surface area contributed by atoms with Gasteiger partial charge in [-0.1, -0.05) is 20.8 Å². The monoisotopic (exact) mass is 643 g/mol. The highest BCUT2D eigenvalue weighted by Crippen LogP contribution is 2.50. The Labute approximate surface area is 268 Å². The van der Waals surface area contributed by atoms with E-state index >= 15 is 0 Å². The Balaban J connectivity index is 0.000000213. The van der Waals surface area contributed by atoms with E-state index in [1.807, 2.05) is 18.2 Å². The van der Waals surface area contributed by atoms with Crippen molar-refractivity contribution in [2.24, 2.45) is 17.1 Å². The molecule has 3 atom stereocenters. The predicted molar refractivity (Wildman–Crippen MR) is 169 cm³/mol. The second-order valence-electron chi connectivity index (χ2n) is 12.4. The number of ketones is 1. The summed E-state index contributed by atoms with van der Waals surface area (Å²) in [5.41, 5.74) is 2.37. The number of Topliss-reactive ketones (excluding diaryl/α,β-unsaturated/α-hetero) is 1. The summed E-state index contributed by atoms with van der Waals surface area (Å²) in [5, 5.41) is 6.29. The minimum Gasteiger partial charge on any atom is -0.493 e. The highest BCUT2D eigenvalue weighted by Gasteiger charge is 2.45. The molecule has 0 radical (unpaired) electrons. The number of hydrogen-bond acceptors (Lipinski definition) is 9. The number of alkyl halides is 1. The minimum absolute atomic E-state index is 0.0452. The molecule has 0 bridgehead atoms. The number of amides is 2. The van der Waals surface area contributed by atoms with Gasteiger partial charge in [0.1, 0.15) is 36.1 Å². The van der Waals surface area contributed by atoms with Gasteiger partial charge >= 0.3 is 6.03 Å². The number of methoxy groups -OCH3 is 2. The van der Waals surface area contributed by atoms with Gasteiger partial charge in [-0.15, -0.1) is 16.5 Å². The predicted octanol–water partition coefficient (Wildman–Crippen LogP) is 6.28. The van der Waals surface area contributed by atoms with Crippen molar-refractivity contribution >= 4 is 23.4 Å². The standard InChI is InChI=1S/C23H24O6.C10H18ClN3O2/c1-11(2)16-8-14-15(28-16)6-5-12-22(24)21-13-7-18(25-3)19(26-4)9-17(13)27-10-20(21)29-23(12)14;1-8-2-4-9(5-3-8)12-10(15)14(13-16)7-6-11/h5-7,9,11,16,20-21H,8,10H2,1-4H3;8-9H,2-7H2,1H3,(H,12,15). The number of nitrogens with zero attached hydrogens (tertiary/aromatic N) is 2. The highest BCUT2D eigenvalue weighted by atomic mass is 35.5. The molecule has 12 heteroatoms. The van der Waals surface area contributed by atoms with Crippen LogP contribution in [0.15, 0.2) is 29.6 Å². The lowest BCUT2D eigenvalue weighted by Gasteiger charge is -2.37. The van der Waals surface area contributed by atoms with Crippen molar-refractivity contribution in [2.75, 3.05) is 33.3 Å². The Morgan fingerprint density at radius 2 is 1.80 bits per heavy atom. The second kappa shape index (κ2) is 14.1. The van der Waals surface area contributed by atoms with Gasteiger partial charge < -0.3 is 29.0 Å². The molecule has 0 spiro atoms. The van der Waals surface area contributed by atoms with Crippen LogP contribution in [0, 0.1) is 16.7 Å². The van der Waals surface area contributed by atoms with E-state index in [0.29, 0.717) is 41.1 Å². The maximum atomic E-state index is 13.5. The molecule has 1 saturated carbocycles. The number of nitroso groups, excluding NO2 is 1. The van der Waals surface area contributed by atoms with Crippen molar-refractivity contribution < 1.29 is 33.3 Å². The first-order chi connectivity index (χ1) is 21.7. The van der Waals surface area contributed by atoms with Gasteiger partial charge in [0.25, 0.3) is 0 Å². The topological polar surface area (TPSA) is 125 Å². The van der Waals surface area contributed by atoms with Gasteiger partial charge in [0.15, 0.2) is 17.3 Å². The Kier molecular flexibility index (Phi) is 10.3. The van der Waals surface area contributed by atoms with E-state index in [0.717, 1.165) is 59.9 Å². The Morgan fingerprint density at radius 3 is 2.44 bits per heavy atom. The lowest BCUT2D eigenvalue weighted by molar-refractivity contribution is 0.0554. The zero-order chi connectivity index (χ0) is 32.2. The van der Waals surface area contributed by atoms with E-state index in [-0.39, 0.29) is 36.5 Å². The summed E-state index contributed by atoms with van der Waals surface area (Å²) < 4.78 is 29.2. The van der Waals surface area contributed by atoms with Gasteiger partial charge in [0, 0.05) is 35.5 Å². The molecule has 2 aromatic carbocycles. The summed E-state index contributed by atoms with van der Waals surface area (Å²) in [6.07, 6.45) is 4.66. The maximum Gasteiger partial charge on any atom is 0.340 e. The van der Waals surface area contributed by atoms with Crippen LogP contribution >= 0.6 is 11.6 Å². The van der Waals surface area contributed by atoms with Crippen molar-refractivity contribution in [1.82, 2.24) is 10.3 Å². The summed E-state index contributed by atoms with van der Waals surface area (Å²) in [4.78, 5) is 35.5. The zero-order valence-corrected chi connectivity index (χ0v) is 27.2. The average Bonchev–Trinajstić information content (AvgIpc) is 3.50. The van der Waals surface area contributed by atoms with Gasteiger partial charge in [-0.3, -0.25) is 4.79 Å². The summed E-state index contributed by atoms with van der Waals surface area (Å²) in [6.45, 7) is 6.94. The molecule has 1 N–H and O–H groups in total. The van der Waals surface area contributed by atoms with Crippen LogP contribution in [-0.4, -0.2) is 68.3 Å². The molecule has 2 amide bonds. The third kappa shape index (κ3) is 6.78. The maximum absolute atomic E-state index is 13.5. The minimum atomic E-state index is -0.438. The van der Waals surface area contributed by atoms with E-state index < -0.39 is 11.9 Å². The van der Waals surface area contributed by atoms with Crippen molar-refractivity contribution in [3.63, 3.8) is 0 Å². The largest absolute Gasteiger partial charge is 0.493 e. The number of fused-ring (bicyclic) bond motifs is 6. The summed E-state index contributed by atoms with van der Waals surface area (Å²) in [6, 6.07) is 7.05. The number of halogens is 1. The Hall–Kier alpha value is -3.73. The van der Waals surface area contributed by atoms with Gasteiger partial charge in [0.2, 0.25) is 0 Å². The van der Waals surface area contributed by atoms with Crippen molar-refractivity contribution in [3.8, 4) is 28.7 Å². The molecule has 3 aliphatic heterocycles. The fourth-order valence-corrected chi connectivity index (χ4v) is 6.54. The molecule has 0 saturated heterocycles. The van der Waals surface area contributed by atoms with Crippen LogP contribution in [0.25, 0.3) is 0 Å². The van der Waals surface area contributed by atoms with E-state index in [1.54, 1.807) is 20.3 Å². The number of benzene rings is 2. The second-order valence-corrected chi connectivity index (χ2v) is 12.8. The molecule has 3 unspecified atom stereocenters. The number of ether oxygens (including phenoxy) is 5. The van der Waals surface area contributed by atoms with E-state index in [1.165, 1.54) is 0 Å². The molecule has 244 valence electrons. The molecule has 11 nitrogen and oxygen atoms in total. The first kappa shape index (κ1) is 32.7. The summed E-state index contributed by atoms with van der Waals surface area (Å²) in [5.74, 6) is 4.18. The molecule has 6 rings (SSSR count). The van der Waals surface area contributed by atoms with Crippen LogP contribution in [0.1, 0.15) is 73.9 Å². The SMILES string of the molecule is CC1CCC(NC(=O)N(CCCl)N=O)CC1.COc1cc2c(cc1OC)C1C(=O)c3ccc4c(c3OC1CO2)CC(C(C)C)O4. The molecule has 45 heavy (non-hydrogen) atoms. The smallest absolute Gasteiger partial charge is 0.340 e. The lowest BCUT2D eigenvalue weighted by Crippen LogP contribution is -2.44. The molecule has 0 aromatic heterocycles. The normalized spacial score (nSPS) is 24.2. The lowest BCUT2D eigenvalue weighted by atomic mass is 9.81. The molecular weight excluding hydrogens is 602 g/mol. The van der Waals surface area contributed by atoms with Crippen LogP contribution in [0.3, 0.4) is 0 Å². The third-order valence-corrected chi connectivity index (χ3v) is 9.23. The van der Waals surface area contributed by atoms with E-state index in [2.05, 4.69) is 31.4 Å². The molecule has 2 aromatic rings. The summed E-state index contributed by atoms with van der Waals surface area (Å²) in [7, 11) is 3.16. The average molecular weight is 644 g/mol. The van der Waals surface area contributed by atoms with E-state index in [9.17, 15) is 14.5 Å². The molecule has 4 aliphatic rings. The molecular formula is C33H42ClN3O8. The highest BCUT2D eigenvalue weighted by molar-refractivity contribution is 6.18. The summed E-state index contributed by atoms with van der Waals surface area (Å²) >= 11 is 5.46. The fraction of sp³-hybridized carbons (Fsp3) is 0.576. The van der Waals surface area contributed by atoms with Crippen molar-refractivity contribution in [2.45, 2.75) is 77.0 Å². The number of urea groups is 1. The molecule has 3 heterocycles. The number of carbonyl (C=O) groups is 2. The van der Waals surface area contributed by atoms with Crippen LogP contribution < -0.4 is 29.0 Å². The van der Waals surface area contributed by atoms with Crippen LogP contribution in [-0.2, 0) is 6.42 Å². The number of nitrogens with one attached hydrogen (secondary N) is 1. The van der Waals surface area contributed by atoms with Crippen LogP contribution in [0.2, 0.25) is 0 Å². The Morgan fingerprint density at radius 1 is 1.09 bits per heavy atom. The Bertz CT molecular complexity index is 1410. The number of hydrogen-bond donors (Lipinski definition) is 1. The number of rotatable bonds is 7. The fourth-order valence-electron chi connectivity index (χ4n) is 6.38. The van der Waals surface area contributed by atoms with Crippen LogP contribution in [0.5, 0.6) is 28.7 Å². The zero-order valence-electron chi connectivity index (χ0n) is 26.5. The van der Waals surface area contributed by atoms with E-state index in [4.69, 9.17) is 35.3 Å². The van der Waals surface area contributed by atoms with Gasteiger partial charge in [-0.25, -0.2) is 4.79 Å².